The van der Waals surface area contributed by atoms with Crippen LogP contribution in [0.4, 0.5) is 0 Å². The van der Waals surface area contributed by atoms with Crippen LogP contribution in [0.15, 0.2) is 0 Å². The summed E-state index contributed by atoms with van der Waals surface area (Å²) in [6.45, 7) is 4.02. The van der Waals surface area contributed by atoms with Crippen molar-refractivity contribution in [3.8, 4) is 0 Å². The minimum Gasteiger partial charge on any atom is -0.481 e. The van der Waals surface area contributed by atoms with E-state index >= 15 is 0 Å². The third kappa shape index (κ3) is 3.47. The van der Waals surface area contributed by atoms with Crippen LogP contribution in [0.25, 0.3) is 0 Å². The Morgan fingerprint density at radius 2 is 1.74 bits per heavy atom. The third-order valence-electron chi connectivity index (χ3n) is 4.52. The smallest absolute Gasteiger partial charge is 0.307 e. The second-order valence-corrected chi connectivity index (χ2v) is 6.21. The Labute approximate surface area is 114 Å². The summed E-state index contributed by atoms with van der Waals surface area (Å²) in [5.74, 6) is -1.39. The fourth-order valence-electron chi connectivity index (χ4n) is 3.32. The molecule has 0 radical (unpaired) electrons. The lowest BCUT2D eigenvalue weighted by Gasteiger charge is -2.30. The summed E-state index contributed by atoms with van der Waals surface area (Å²) < 4.78 is 0. The highest BCUT2D eigenvalue weighted by Crippen LogP contribution is 2.36. The zero-order valence-corrected chi connectivity index (χ0v) is 11.8. The number of rotatable bonds is 3. The van der Waals surface area contributed by atoms with Gasteiger partial charge in [-0.1, -0.05) is 6.92 Å². The fraction of sp³-hybridized carbons (Fsp3) is 0.857. The number of nitrogens with one attached hydrogen (secondary N) is 1. The standard InChI is InChI=1S/C14H24N2O3/c1-9-7-11(12(8-9)14(18)19)13(17)15-10-3-5-16(2)6-4-10/h9-12H,3-8H2,1-2H3,(H,15,17)(H,18,19). The Kier molecular flexibility index (Phi) is 4.45. The van der Waals surface area contributed by atoms with Gasteiger partial charge in [0.25, 0.3) is 0 Å². The molecular weight excluding hydrogens is 244 g/mol. The normalized spacial score (nSPS) is 33.3. The quantitative estimate of drug-likeness (QED) is 0.799. The van der Waals surface area contributed by atoms with Crippen molar-refractivity contribution in [2.45, 2.75) is 38.6 Å². The van der Waals surface area contributed by atoms with Gasteiger partial charge < -0.3 is 15.3 Å². The van der Waals surface area contributed by atoms with Crippen LogP contribution in [-0.2, 0) is 9.59 Å². The predicted molar refractivity (Wildman–Crippen MR) is 71.7 cm³/mol. The molecule has 2 rings (SSSR count). The molecule has 1 aliphatic heterocycles. The summed E-state index contributed by atoms with van der Waals surface area (Å²) in [4.78, 5) is 25.7. The summed E-state index contributed by atoms with van der Waals surface area (Å²) in [7, 11) is 2.08. The van der Waals surface area contributed by atoms with Crippen LogP contribution in [0.3, 0.4) is 0 Å². The molecule has 1 saturated heterocycles. The maximum Gasteiger partial charge on any atom is 0.307 e. The number of carbonyl (C=O) groups excluding carboxylic acids is 1. The highest BCUT2D eigenvalue weighted by molar-refractivity contribution is 5.85. The van der Waals surface area contributed by atoms with E-state index in [9.17, 15) is 14.7 Å². The second-order valence-electron chi connectivity index (χ2n) is 6.21. The first-order valence-corrected chi connectivity index (χ1v) is 7.19. The van der Waals surface area contributed by atoms with Gasteiger partial charge in [0, 0.05) is 6.04 Å². The number of carboxylic acids is 1. The number of aliphatic carboxylic acids is 1. The lowest BCUT2D eigenvalue weighted by molar-refractivity contribution is -0.146. The molecule has 0 aromatic heterocycles. The van der Waals surface area contributed by atoms with Gasteiger partial charge >= 0.3 is 5.97 Å². The van der Waals surface area contributed by atoms with Crippen molar-refractivity contribution in [1.29, 1.82) is 0 Å². The molecule has 0 spiro atoms. The topological polar surface area (TPSA) is 69.6 Å². The molecule has 1 amide bonds. The number of hydrogen-bond acceptors (Lipinski definition) is 3. The van der Waals surface area contributed by atoms with Gasteiger partial charge in [0.05, 0.1) is 11.8 Å². The van der Waals surface area contributed by atoms with E-state index in [1.54, 1.807) is 0 Å². The molecule has 0 aromatic rings. The van der Waals surface area contributed by atoms with E-state index in [-0.39, 0.29) is 17.9 Å². The summed E-state index contributed by atoms with van der Waals surface area (Å²) in [6, 6.07) is 0.217. The Morgan fingerprint density at radius 3 is 2.32 bits per heavy atom. The molecule has 1 heterocycles. The molecule has 3 unspecified atom stereocenters. The zero-order chi connectivity index (χ0) is 14.0. The third-order valence-corrected chi connectivity index (χ3v) is 4.52. The lowest BCUT2D eigenvalue weighted by atomic mass is 9.94. The van der Waals surface area contributed by atoms with Crippen molar-refractivity contribution in [1.82, 2.24) is 10.2 Å². The fourth-order valence-corrected chi connectivity index (χ4v) is 3.32. The van der Waals surface area contributed by atoms with E-state index < -0.39 is 11.9 Å². The van der Waals surface area contributed by atoms with Crippen molar-refractivity contribution in [3.63, 3.8) is 0 Å². The highest BCUT2D eigenvalue weighted by atomic mass is 16.4. The Balaban J connectivity index is 1.90. The molecule has 1 saturated carbocycles. The molecule has 5 heteroatoms. The van der Waals surface area contributed by atoms with Gasteiger partial charge in [-0.05, 0) is 51.7 Å². The average molecular weight is 268 g/mol. The Bertz CT molecular complexity index is 351. The molecule has 0 aromatic carbocycles. The summed E-state index contributed by atoms with van der Waals surface area (Å²) in [5, 5.41) is 12.3. The van der Waals surface area contributed by atoms with Gasteiger partial charge in [-0.2, -0.15) is 0 Å². The molecule has 0 bridgehead atoms. The van der Waals surface area contributed by atoms with Crippen molar-refractivity contribution >= 4 is 11.9 Å². The lowest BCUT2D eigenvalue weighted by Crippen LogP contribution is -2.46. The number of piperidine rings is 1. The van der Waals surface area contributed by atoms with Crippen LogP contribution in [-0.4, -0.2) is 48.1 Å². The molecule has 5 nitrogen and oxygen atoms in total. The van der Waals surface area contributed by atoms with Gasteiger partial charge in [-0.3, -0.25) is 9.59 Å². The molecule has 2 fully saturated rings. The second kappa shape index (κ2) is 5.90. The van der Waals surface area contributed by atoms with Crippen molar-refractivity contribution in [2.24, 2.45) is 17.8 Å². The minimum absolute atomic E-state index is 0.0497. The van der Waals surface area contributed by atoms with E-state index in [0.29, 0.717) is 18.8 Å². The van der Waals surface area contributed by atoms with Crippen LogP contribution in [0.5, 0.6) is 0 Å². The number of amides is 1. The number of nitrogens with zero attached hydrogens (tertiary/aromatic N) is 1. The maximum absolute atomic E-state index is 12.3. The zero-order valence-electron chi connectivity index (χ0n) is 11.8. The molecule has 108 valence electrons. The number of carboxylic acid groups (broad SMARTS) is 1. The first-order valence-electron chi connectivity index (χ1n) is 7.19. The van der Waals surface area contributed by atoms with Crippen LogP contribution < -0.4 is 5.32 Å². The van der Waals surface area contributed by atoms with Gasteiger partial charge in [-0.25, -0.2) is 0 Å². The Hall–Kier alpha value is -1.10. The van der Waals surface area contributed by atoms with E-state index in [2.05, 4.69) is 17.3 Å². The van der Waals surface area contributed by atoms with Gasteiger partial charge in [0.2, 0.25) is 5.91 Å². The molecular formula is C14H24N2O3. The summed E-state index contributed by atoms with van der Waals surface area (Å²) in [5.41, 5.74) is 0. The van der Waals surface area contributed by atoms with Crippen LogP contribution in [0, 0.1) is 17.8 Å². The van der Waals surface area contributed by atoms with Gasteiger partial charge in [0.1, 0.15) is 0 Å². The van der Waals surface area contributed by atoms with E-state index in [1.807, 2.05) is 6.92 Å². The first kappa shape index (κ1) is 14.3. The molecule has 2 aliphatic rings. The van der Waals surface area contributed by atoms with Crippen LogP contribution in [0.2, 0.25) is 0 Å². The number of hydrogen-bond donors (Lipinski definition) is 2. The largest absolute Gasteiger partial charge is 0.481 e. The van der Waals surface area contributed by atoms with Gasteiger partial charge in [-0.15, -0.1) is 0 Å². The number of carbonyl (C=O) groups is 2. The Morgan fingerprint density at radius 1 is 1.16 bits per heavy atom. The number of likely N-dealkylation sites (tertiary alicyclic amines) is 1. The monoisotopic (exact) mass is 268 g/mol. The van der Waals surface area contributed by atoms with Crippen LogP contribution in [0.1, 0.15) is 32.6 Å². The van der Waals surface area contributed by atoms with E-state index in [0.717, 1.165) is 25.9 Å². The van der Waals surface area contributed by atoms with E-state index in [1.165, 1.54) is 0 Å². The molecule has 3 atom stereocenters. The van der Waals surface area contributed by atoms with Crippen LogP contribution >= 0.6 is 0 Å². The van der Waals surface area contributed by atoms with Crippen molar-refractivity contribution in [2.75, 3.05) is 20.1 Å². The molecule has 1 aliphatic carbocycles. The van der Waals surface area contributed by atoms with Crippen molar-refractivity contribution < 1.29 is 14.7 Å². The maximum atomic E-state index is 12.3. The first-order chi connectivity index (χ1) is 8.97. The van der Waals surface area contributed by atoms with Crippen molar-refractivity contribution in [3.05, 3.63) is 0 Å². The summed E-state index contributed by atoms with van der Waals surface area (Å²) in [6.07, 6.45) is 3.25. The summed E-state index contributed by atoms with van der Waals surface area (Å²) >= 11 is 0. The average Bonchev–Trinajstić information content (AvgIpc) is 2.74. The minimum atomic E-state index is -0.826. The molecule has 2 N–H and O–H groups in total. The molecule has 19 heavy (non-hydrogen) atoms. The predicted octanol–water partition coefficient (Wildman–Crippen LogP) is 0.944. The van der Waals surface area contributed by atoms with E-state index in [4.69, 9.17) is 0 Å². The highest BCUT2D eigenvalue weighted by Gasteiger charge is 2.41. The SMILES string of the molecule is CC1CC(C(=O)O)C(C(=O)NC2CCN(C)CC2)C1. The van der Waals surface area contributed by atoms with Gasteiger partial charge in [0.15, 0.2) is 0 Å².